The van der Waals surface area contributed by atoms with Crippen molar-refractivity contribution in [3.8, 4) is 5.75 Å². The third kappa shape index (κ3) is 4.14. The van der Waals surface area contributed by atoms with E-state index >= 15 is 0 Å². The summed E-state index contributed by atoms with van der Waals surface area (Å²) in [5.74, 6) is -1.42. The molecule has 2 aromatic rings. The molecule has 1 atom stereocenters. The second kappa shape index (κ2) is 8.73. The minimum Gasteiger partial charge on any atom is -0.497 e. The number of carbonyl (C=O) groups is 5. The van der Waals surface area contributed by atoms with Crippen LogP contribution in [0.1, 0.15) is 39.1 Å². The Labute approximate surface area is 189 Å². The van der Waals surface area contributed by atoms with Crippen LogP contribution in [-0.2, 0) is 16.1 Å². The number of nitrogens with zero attached hydrogens (tertiary/aromatic N) is 2. The predicted octanol–water partition coefficient (Wildman–Crippen LogP) is 1.76. The second-order valence-corrected chi connectivity index (χ2v) is 7.76. The van der Waals surface area contributed by atoms with Gasteiger partial charge in [0.1, 0.15) is 11.8 Å². The zero-order chi connectivity index (χ0) is 23.7. The zero-order valence-electron chi connectivity index (χ0n) is 18.1. The Bertz CT molecular complexity index is 1160. The molecule has 0 bridgehead atoms. The van der Waals surface area contributed by atoms with E-state index < -0.39 is 29.8 Å². The van der Waals surface area contributed by atoms with Crippen LogP contribution < -0.4 is 15.4 Å². The fourth-order valence-corrected chi connectivity index (χ4v) is 3.95. The van der Waals surface area contributed by atoms with Crippen molar-refractivity contribution < 1.29 is 28.7 Å². The lowest BCUT2D eigenvalue weighted by molar-refractivity contribution is -0.136. The molecule has 2 aliphatic rings. The summed E-state index contributed by atoms with van der Waals surface area (Å²) in [6.45, 7) is 0.142. The van der Waals surface area contributed by atoms with Crippen molar-refractivity contribution in [2.24, 2.45) is 0 Å². The van der Waals surface area contributed by atoms with Crippen LogP contribution >= 0.6 is 0 Å². The zero-order valence-corrected chi connectivity index (χ0v) is 18.1. The molecule has 0 aromatic heterocycles. The lowest BCUT2D eigenvalue weighted by Crippen LogP contribution is -2.52. The van der Waals surface area contributed by atoms with Gasteiger partial charge in [-0.15, -0.1) is 0 Å². The molecule has 33 heavy (non-hydrogen) atoms. The number of rotatable bonds is 4. The van der Waals surface area contributed by atoms with Gasteiger partial charge in [-0.25, -0.2) is 4.79 Å². The highest BCUT2D eigenvalue weighted by Gasteiger charge is 2.41. The molecule has 170 valence electrons. The second-order valence-electron chi connectivity index (χ2n) is 7.76. The molecule has 2 aromatic carbocycles. The van der Waals surface area contributed by atoms with Crippen LogP contribution in [0.3, 0.4) is 0 Å². The fourth-order valence-electron chi connectivity index (χ4n) is 3.95. The topological polar surface area (TPSA) is 125 Å². The number of piperidine rings is 1. The first kappa shape index (κ1) is 22.0. The van der Waals surface area contributed by atoms with E-state index in [1.807, 2.05) is 0 Å². The van der Waals surface area contributed by atoms with E-state index in [0.717, 1.165) is 4.90 Å². The number of carbonyl (C=O) groups excluding carboxylic acids is 5. The third-order valence-corrected chi connectivity index (χ3v) is 5.73. The summed E-state index contributed by atoms with van der Waals surface area (Å²) in [4.78, 5) is 64.9. The summed E-state index contributed by atoms with van der Waals surface area (Å²) in [5.41, 5.74) is 1.29. The molecule has 6 amide bonds. The van der Waals surface area contributed by atoms with Gasteiger partial charge >= 0.3 is 6.03 Å². The van der Waals surface area contributed by atoms with Crippen LogP contribution in [0.25, 0.3) is 0 Å². The molecule has 0 saturated carbocycles. The van der Waals surface area contributed by atoms with Gasteiger partial charge in [0.15, 0.2) is 0 Å². The lowest BCUT2D eigenvalue weighted by atomic mass is 10.0. The number of imide groups is 2. The Morgan fingerprint density at radius 3 is 2.52 bits per heavy atom. The summed E-state index contributed by atoms with van der Waals surface area (Å²) in [6.07, 6.45) is 0.356. The van der Waals surface area contributed by atoms with Crippen molar-refractivity contribution >= 4 is 35.3 Å². The Balaban J connectivity index is 1.53. The normalized spacial score (nSPS) is 17.3. The number of hydrogen-bond donors (Lipinski definition) is 2. The number of ether oxygens (including phenoxy) is 1. The van der Waals surface area contributed by atoms with Crippen molar-refractivity contribution in [2.75, 3.05) is 19.5 Å². The van der Waals surface area contributed by atoms with Crippen LogP contribution in [0, 0.1) is 0 Å². The maximum Gasteiger partial charge on any atom is 0.328 e. The minimum atomic E-state index is -0.790. The largest absolute Gasteiger partial charge is 0.497 e. The predicted molar refractivity (Wildman–Crippen MR) is 117 cm³/mol. The van der Waals surface area contributed by atoms with Gasteiger partial charge in [-0.1, -0.05) is 12.1 Å². The standard InChI is InChI=1S/C23H22N4O6/c1-26(23(32)24-14-6-8-15(33-2)9-7-14)21(30)16-5-3-4-13-12-27(22(31)19(13)16)17-10-11-18(28)25-20(17)29/h3-9,17H,10-12H2,1-2H3,(H,24,32)(H,25,28,29). The molecule has 4 rings (SSSR count). The molecule has 0 radical (unpaired) electrons. The van der Waals surface area contributed by atoms with Gasteiger partial charge in [-0.2, -0.15) is 0 Å². The fraction of sp³-hybridized carbons (Fsp3) is 0.261. The molecular weight excluding hydrogens is 428 g/mol. The van der Waals surface area contributed by atoms with Gasteiger partial charge < -0.3 is 15.0 Å². The quantitative estimate of drug-likeness (QED) is 0.684. The lowest BCUT2D eigenvalue weighted by Gasteiger charge is -2.29. The highest BCUT2D eigenvalue weighted by atomic mass is 16.5. The number of fused-ring (bicyclic) bond motifs is 1. The molecule has 1 unspecified atom stereocenters. The number of benzene rings is 2. The molecule has 0 aliphatic carbocycles. The highest BCUT2D eigenvalue weighted by Crippen LogP contribution is 2.30. The maximum absolute atomic E-state index is 13.2. The van der Waals surface area contributed by atoms with Crippen molar-refractivity contribution in [1.29, 1.82) is 0 Å². The van der Waals surface area contributed by atoms with Gasteiger partial charge in [-0.3, -0.25) is 29.4 Å². The number of urea groups is 1. The Morgan fingerprint density at radius 1 is 1.12 bits per heavy atom. The van der Waals surface area contributed by atoms with Crippen molar-refractivity contribution in [3.05, 3.63) is 59.2 Å². The molecule has 2 aliphatic heterocycles. The van der Waals surface area contributed by atoms with Crippen molar-refractivity contribution in [2.45, 2.75) is 25.4 Å². The summed E-state index contributed by atoms with van der Waals surface area (Å²) in [6, 6.07) is 9.96. The first-order chi connectivity index (χ1) is 15.8. The summed E-state index contributed by atoms with van der Waals surface area (Å²) in [5, 5.41) is 4.87. The number of hydrogen-bond acceptors (Lipinski definition) is 6. The molecule has 10 heteroatoms. The first-order valence-corrected chi connectivity index (χ1v) is 10.3. The van der Waals surface area contributed by atoms with Gasteiger partial charge in [0.25, 0.3) is 11.8 Å². The monoisotopic (exact) mass is 450 g/mol. The van der Waals surface area contributed by atoms with E-state index in [2.05, 4.69) is 10.6 Å². The summed E-state index contributed by atoms with van der Waals surface area (Å²) >= 11 is 0. The van der Waals surface area contributed by atoms with E-state index in [-0.39, 0.29) is 36.4 Å². The molecule has 2 heterocycles. The molecule has 2 N–H and O–H groups in total. The van der Waals surface area contributed by atoms with Gasteiger partial charge in [0.05, 0.1) is 18.2 Å². The van der Waals surface area contributed by atoms with Crippen LogP contribution in [-0.4, -0.2) is 59.7 Å². The summed E-state index contributed by atoms with van der Waals surface area (Å²) in [7, 11) is 2.85. The molecule has 1 fully saturated rings. The molecule has 0 spiro atoms. The first-order valence-electron chi connectivity index (χ1n) is 10.3. The third-order valence-electron chi connectivity index (χ3n) is 5.73. The molecule has 10 nitrogen and oxygen atoms in total. The SMILES string of the molecule is COc1ccc(NC(=O)N(C)C(=O)c2cccc3c2C(=O)N(C2CCC(=O)NC2=O)C3)cc1. The van der Waals surface area contributed by atoms with E-state index in [1.54, 1.807) is 36.4 Å². The number of anilines is 1. The molecular formula is C23H22N4O6. The molecule has 1 saturated heterocycles. The van der Waals surface area contributed by atoms with E-state index in [0.29, 0.717) is 17.0 Å². The van der Waals surface area contributed by atoms with E-state index in [1.165, 1.54) is 25.1 Å². The van der Waals surface area contributed by atoms with E-state index in [9.17, 15) is 24.0 Å². The Kier molecular flexibility index (Phi) is 5.82. The Morgan fingerprint density at radius 2 is 1.85 bits per heavy atom. The van der Waals surface area contributed by atoms with E-state index in [4.69, 9.17) is 4.74 Å². The Hall–Kier alpha value is -4.21. The highest BCUT2D eigenvalue weighted by molar-refractivity contribution is 6.15. The van der Waals surface area contributed by atoms with Crippen molar-refractivity contribution in [3.63, 3.8) is 0 Å². The average Bonchev–Trinajstić information content (AvgIpc) is 3.15. The van der Waals surface area contributed by atoms with Gasteiger partial charge in [0, 0.05) is 25.7 Å². The van der Waals surface area contributed by atoms with Crippen molar-refractivity contribution in [1.82, 2.24) is 15.1 Å². The number of methoxy groups -OCH3 is 1. The van der Waals surface area contributed by atoms with Crippen LogP contribution in [0.4, 0.5) is 10.5 Å². The average molecular weight is 450 g/mol. The smallest absolute Gasteiger partial charge is 0.328 e. The van der Waals surface area contributed by atoms with Gasteiger partial charge in [0.2, 0.25) is 11.8 Å². The van der Waals surface area contributed by atoms with Gasteiger partial charge in [-0.05, 0) is 42.3 Å². The van der Waals surface area contributed by atoms with Crippen LogP contribution in [0.5, 0.6) is 5.75 Å². The maximum atomic E-state index is 13.2. The minimum absolute atomic E-state index is 0.0691. The van der Waals surface area contributed by atoms with Crippen LogP contribution in [0.15, 0.2) is 42.5 Å². The number of amides is 6. The summed E-state index contributed by atoms with van der Waals surface area (Å²) < 4.78 is 5.08. The number of nitrogens with one attached hydrogen (secondary N) is 2. The van der Waals surface area contributed by atoms with Crippen LogP contribution in [0.2, 0.25) is 0 Å².